The Morgan fingerprint density at radius 3 is 2.38 bits per heavy atom. The second-order valence-electron chi connectivity index (χ2n) is 6.33. The van der Waals surface area contributed by atoms with Crippen LogP contribution in [0.15, 0.2) is 65.4 Å². The van der Waals surface area contributed by atoms with E-state index in [-0.39, 0.29) is 5.57 Å². The van der Waals surface area contributed by atoms with Gasteiger partial charge in [0.1, 0.15) is 11.6 Å². The number of hydrogen-bond acceptors (Lipinski definition) is 4. The Morgan fingerprint density at radius 1 is 1.04 bits per heavy atom. The smallest absolute Gasteiger partial charge is 0.383 e. The summed E-state index contributed by atoms with van der Waals surface area (Å²) in [6.07, 6.45) is 3.12. The molecule has 1 aliphatic heterocycles. The molecule has 1 heterocycles. The lowest BCUT2D eigenvalue weighted by Gasteiger charge is -2.14. The molecule has 5 heteroatoms. The van der Waals surface area contributed by atoms with Crippen molar-refractivity contribution in [3.63, 3.8) is 0 Å². The Balaban J connectivity index is 2.16. The van der Waals surface area contributed by atoms with Crippen LogP contribution in [0.3, 0.4) is 0 Å². The number of hydrogen-bond donors (Lipinski definition) is 0. The number of carbonyl (C=O) groups is 2. The topological polar surface area (TPSA) is 64.2 Å². The Labute approximate surface area is 151 Å². The van der Waals surface area contributed by atoms with Crippen molar-refractivity contribution in [3.8, 4) is 6.07 Å². The molecule has 128 valence electrons. The summed E-state index contributed by atoms with van der Waals surface area (Å²) in [5.41, 5.74) is 1.43. The largest absolute Gasteiger partial charge is 0.438 e. The average Bonchev–Trinajstić information content (AvgIpc) is 2.62. The highest BCUT2D eigenvalue weighted by molar-refractivity contribution is 6.11. The zero-order chi connectivity index (χ0) is 18.8. The van der Waals surface area contributed by atoms with E-state index in [0.717, 1.165) is 15.3 Å². The van der Waals surface area contributed by atoms with Crippen LogP contribution in [-0.2, 0) is 9.59 Å². The van der Waals surface area contributed by atoms with Gasteiger partial charge in [-0.3, -0.25) is 0 Å². The van der Waals surface area contributed by atoms with Gasteiger partial charge in [0.2, 0.25) is 0 Å². The summed E-state index contributed by atoms with van der Waals surface area (Å²) in [6, 6.07) is 15.5. The number of fused-ring (bicyclic) bond motifs is 1. The lowest BCUT2D eigenvalue weighted by Crippen LogP contribution is -2.36. The molecule has 0 saturated heterocycles. The van der Waals surface area contributed by atoms with Gasteiger partial charge in [-0.1, -0.05) is 34.9 Å². The lowest BCUT2D eigenvalue weighted by molar-refractivity contribution is -0.372. The molecule has 0 radical (unpaired) electrons. The van der Waals surface area contributed by atoms with Crippen LogP contribution >= 0.6 is 0 Å². The Kier molecular flexibility index (Phi) is 4.51. The highest BCUT2D eigenvalue weighted by Gasteiger charge is 2.41. The van der Waals surface area contributed by atoms with E-state index in [1.165, 1.54) is 6.21 Å². The second kappa shape index (κ2) is 6.77. The monoisotopic (exact) mass is 344 g/mol. The minimum absolute atomic E-state index is 0.0188. The number of amides is 2. The van der Waals surface area contributed by atoms with Gasteiger partial charge in [-0.25, -0.2) is 9.59 Å². The highest BCUT2D eigenvalue weighted by Crippen LogP contribution is 2.23. The molecule has 0 saturated carbocycles. The Morgan fingerprint density at radius 2 is 1.73 bits per heavy atom. The third-order valence-electron chi connectivity index (χ3n) is 4.21. The fraction of sp³-hybridized carbons (Fsp3) is 0.143. The van der Waals surface area contributed by atoms with Crippen molar-refractivity contribution in [1.82, 2.24) is 4.90 Å². The van der Waals surface area contributed by atoms with E-state index < -0.39 is 11.8 Å². The summed E-state index contributed by atoms with van der Waals surface area (Å²) in [6.45, 7) is 1.62. The van der Waals surface area contributed by atoms with Crippen LogP contribution in [0.1, 0.15) is 12.5 Å². The molecule has 0 atom stereocenters. The zero-order valence-electron chi connectivity index (χ0n) is 14.9. The first-order valence-corrected chi connectivity index (χ1v) is 8.13. The number of benzene rings is 2. The predicted molar refractivity (Wildman–Crippen MR) is 99.5 cm³/mol. The molecule has 26 heavy (non-hydrogen) atoms. The number of imide groups is 1. The van der Waals surface area contributed by atoms with Crippen molar-refractivity contribution in [2.75, 3.05) is 14.1 Å². The first-order valence-electron chi connectivity index (χ1n) is 8.13. The number of carbonyl (C=O) groups excluding carboxylic acids is 2. The standard InChI is InChI=1S/C21H18N3O2/c1-14-18(11-22)20(25)24(21(26)19(14)13-23(2)3)12-15-8-9-16-6-4-5-7-17(16)10-15/h4-10,12-13H,1-3H3/q+1. The van der Waals surface area contributed by atoms with Crippen LogP contribution in [0.5, 0.6) is 0 Å². The lowest BCUT2D eigenvalue weighted by atomic mass is 9.97. The Hall–Kier alpha value is -3.52. The Bertz CT molecular complexity index is 1070. The van der Waals surface area contributed by atoms with Crippen LogP contribution in [0, 0.1) is 11.3 Å². The van der Waals surface area contributed by atoms with Gasteiger partial charge in [0, 0.05) is 25.9 Å². The van der Waals surface area contributed by atoms with Crippen molar-refractivity contribution in [1.29, 1.82) is 5.26 Å². The van der Waals surface area contributed by atoms with Gasteiger partial charge in [-0.2, -0.15) is 5.26 Å². The minimum atomic E-state index is -0.598. The molecule has 2 aromatic carbocycles. The van der Waals surface area contributed by atoms with Crippen LogP contribution < -0.4 is 0 Å². The van der Waals surface area contributed by atoms with E-state index >= 15 is 0 Å². The molecule has 0 aliphatic carbocycles. The molecule has 0 unspecified atom stereocenters. The fourth-order valence-corrected chi connectivity index (χ4v) is 2.89. The normalized spacial score (nSPS) is 17.9. The number of rotatable bonds is 2. The first-order chi connectivity index (χ1) is 12.4. The fourth-order valence-electron chi connectivity index (χ4n) is 2.89. The maximum absolute atomic E-state index is 12.8. The molecule has 2 aromatic rings. The molecule has 0 bridgehead atoms. The van der Waals surface area contributed by atoms with Gasteiger partial charge in [0.05, 0.1) is 0 Å². The van der Waals surface area contributed by atoms with E-state index in [9.17, 15) is 14.9 Å². The van der Waals surface area contributed by atoms with E-state index in [4.69, 9.17) is 0 Å². The quantitative estimate of drug-likeness (QED) is 0.477. The minimum Gasteiger partial charge on any atom is -0.383 e. The maximum Gasteiger partial charge on any atom is 0.438 e. The summed E-state index contributed by atoms with van der Waals surface area (Å²) < 4.78 is 1.02. The molecule has 3 rings (SSSR count). The molecule has 5 nitrogen and oxygen atoms in total. The van der Waals surface area contributed by atoms with Gasteiger partial charge in [-0.15, -0.1) is 0 Å². The molecule has 1 aliphatic rings. The summed E-state index contributed by atoms with van der Waals surface area (Å²) in [5.74, 6) is -1.03. The third-order valence-corrected chi connectivity index (χ3v) is 4.21. The first kappa shape index (κ1) is 17.3. The van der Waals surface area contributed by atoms with E-state index in [2.05, 4.69) is 0 Å². The predicted octanol–water partition coefficient (Wildman–Crippen LogP) is 2.62. The van der Waals surface area contributed by atoms with Crippen molar-refractivity contribution in [3.05, 3.63) is 70.9 Å². The summed E-state index contributed by atoms with van der Waals surface area (Å²) >= 11 is 0. The molecule has 2 amide bonds. The van der Waals surface area contributed by atoms with Crippen LogP contribution in [0.4, 0.5) is 0 Å². The highest BCUT2D eigenvalue weighted by atomic mass is 16.2. The van der Waals surface area contributed by atoms with Crippen molar-refractivity contribution >= 4 is 28.8 Å². The van der Waals surface area contributed by atoms with Gasteiger partial charge in [-0.05, 0) is 35.4 Å². The molecule has 0 N–H and O–H groups in total. The van der Waals surface area contributed by atoms with Gasteiger partial charge >= 0.3 is 11.8 Å². The summed E-state index contributed by atoms with van der Waals surface area (Å²) in [5, 5.41) is 11.5. The van der Waals surface area contributed by atoms with Crippen LogP contribution in [0.25, 0.3) is 10.8 Å². The summed E-state index contributed by atoms with van der Waals surface area (Å²) in [4.78, 5) is 27.2. The molecule has 0 fully saturated rings. The summed E-state index contributed by atoms with van der Waals surface area (Å²) in [7, 11) is 3.57. The zero-order valence-corrected chi connectivity index (χ0v) is 14.9. The van der Waals surface area contributed by atoms with E-state index in [0.29, 0.717) is 16.7 Å². The van der Waals surface area contributed by atoms with Gasteiger partial charge in [0.15, 0.2) is 11.8 Å². The van der Waals surface area contributed by atoms with E-state index in [1.807, 2.05) is 48.5 Å². The molecule has 0 aromatic heterocycles. The average molecular weight is 344 g/mol. The van der Waals surface area contributed by atoms with Crippen LogP contribution in [-0.4, -0.2) is 41.6 Å². The van der Waals surface area contributed by atoms with Gasteiger partial charge in [0.25, 0.3) is 0 Å². The number of nitrogens with zero attached hydrogens (tertiary/aromatic N) is 3. The number of nitriles is 1. The third kappa shape index (κ3) is 3.05. The van der Waals surface area contributed by atoms with E-state index in [1.54, 1.807) is 32.1 Å². The van der Waals surface area contributed by atoms with Gasteiger partial charge < -0.3 is 4.90 Å². The van der Waals surface area contributed by atoms with Crippen molar-refractivity contribution in [2.24, 2.45) is 0 Å². The maximum atomic E-state index is 12.8. The second-order valence-corrected chi connectivity index (χ2v) is 6.33. The van der Waals surface area contributed by atoms with Crippen molar-refractivity contribution < 1.29 is 14.2 Å². The molecular formula is C21H18N3O2+. The molecule has 0 spiro atoms. The SMILES string of the molecule is CC1=C(C#N)C(=O)[N+](=Cc2ccc3ccccc3c2)C(=O)C1=CN(C)C. The van der Waals surface area contributed by atoms with Crippen LogP contribution in [0.2, 0.25) is 0 Å². The van der Waals surface area contributed by atoms with Crippen molar-refractivity contribution in [2.45, 2.75) is 6.92 Å². The molecular weight excluding hydrogens is 326 g/mol.